The predicted octanol–water partition coefficient (Wildman–Crippen LogP) is 4.10. The van der Waals surface area contributed by atoms with E-state index in [1.807, 2.05) is 32.0 Å². The van der Waals surface area contributed by atoms with E-state index in [0.717, 1.165) is 69.3 Å². The van der Waals surface area contributed by atoms with E-state index in [-0.39, 0.29) is 0 Å². The van der Waals surface area contributed by atoms with Gasteiger partial charge in [0.05, 0.1) is 40.0 Å². The lowest BCUT2D eigenvalue weighted by Crippen LogP contribution is -2.36. The summed E-state index contributed by atoms with van der Waals surface area (Å²) in [6, 6.07) is 6.31. The van der Waals surface area contributed by atoms with Crippen molar-refractivity contribution in [1.29, 1.82) is 0 Å². The minimum atomic E-state index is -0.904. The van der Waals surface area contributed by atoms with Crippen LogP contribution >= 0.6 is 28.9 Å². The number of carboxylic acids is 1. The van der Waals surface area contributed by atoms with E-state index in [4.69, 9.17) is 9.73 Å². The van der Waals surface area contributed by atoms with Crippen molar-refractivity contribution >= 4 is 51.9 Å². The Morgan fingerprint density at radius 1 is 1.21 bits per heavy atom. The SMILES string of the molecule is Cc1cc(N2CCOCC2)cc2c1N=c1c(C)cc(N(C)C)c(C(=O)O)c1=S2I. The van der Waals surface area contributed by atoms with Gasteiger partial charge in [0.25, 0.3) is 0 Å². The van der Waals surface area contributed by atoms with Crippen LogP contribution in [0.2, 0.25) is 0 Å². The average molecular weight is 525 g/mol. The lowest BCUT2D eigenvalue weighted by Gasteiger charge is -2.30. The summed E-state index contributed by atoms with van der Waals surface area (Å²) in [5, 5.41) is 10.9. The van der Waals surface area contributed by atoms with Crippen molar-refractivity contribution in [2.45, 2.75) is 18.7 Å². The van der Waals surface area contributed by atoms with Gasteiger partial charge in [-0.15, -0.1) is 0 Å². The van der Waals surface area contributed by atoms with Gasteiger partial charge in [-0.3, -0.25) is 0 Å². The van der Waals surface area contributed by atoms with Crippen LogP contribution in [0, 0.1) is 18.4 Å². The Morgan fingerprint density at radius 3 is 2.52 bits per heavy atom. The Morgan fingerprint density at radius 2 is 1.90 bits per heavy atom. The zero-order valence-electron chi connectivity index (χ0n) is 17.0. The number of aryl methyl sites for hydroxylation is 2. The maximum absolute atomic E-state index is 12.3. The standard InChI is InChI=1S/C21H24IN3O3S/c1-12-9-14(25-5-7-28-8-6-25)11-16-18(12)23-19-13(2)10-15(24(3)4)17(21(26)27)20(19)29(16)22/h9-11H,5-8H2,1-4H3,(H,26,27). The molecule has 0 aromatic heterocycles. The molecule has 0 saturated carbocycles. The molecule has 0 bridgehead atoms. The van der Waals surface area contributed by atoms with Crippen LogP contribution in [0.15, 0.2) is 28.1 Å². The molecule has 1 fully saturated rings. The Bertz CT molecular complexity index is 1140. The van der Waals surface area contributed by atoms with Gasteiger partial charge in [-0.1, -0.05) is 7.66 Å². The molecule has 1 N–H and O–H groups in total. The molecule has 1 atom stereocenters. The van der Waals surface area contributed by atoms with Crippen LogP contribution in [-0.4, -0.2) is 51.5 Å². The van der Waals surface area contributed by atoms with Gasteiger partial charge < -0.3 is 19.6 Å². The number of carboxylic acid groups (broad SMARTS) is 1. The molecular weight excluding hydrogens is 501 g/mol. The largest absolute Gasteiger partial charge is 0.478 e. The highest BCUT2D eigenvalue weighted by Gasteiger charge is 2.24. The van der Waals surface area contributed by atoms with Gasteiger partial charge in [-0.25, -0.2) is 9.79 Å². The number of benzene rings is 2. The first kappa shape index (κ1) is 20.6. The number of carbonyl (C=O) groups is 1. The van der Waals surface area contributed by atoms with Crippen molar-refractivity contribution in [3.8, 4) is 0 Å². The maximum Gasteiger partial charge on any atom is 0.339 e. The Labute approximate surface area is 184 Å². The molecule has 2 aromatic rings. The van der Waals surface area contributed by atoms with E-state index in [9.17, 15) is 9.90 Å². The number of halogens is 1. The van der Waals surface area contributed by atoms with Gasteiger partial charge in [0.1, 0.15) is 0 Å². The van der Waals surface area contributed by atoms with Crippen molar-refractivity contribution in [3.05, 3.63) is 44.8 Å². The van der Waals surface area contributed by atoms with E-state index >= 15 is 0 Å². The number of hydrogen-bond acceptors (Lipinski definition) is 5. The van der Waals surface area contributed by atoms with Crippen molar-refractivity contribution in [2.75, 3.05) is 50.2 Å². The lowest BCUT2D eigenvalue weighted by atomic mass is 10.1. The quantitative estimate of drug-likeness (QED) is 0.483. The van der Waals surface area contributed by atoms with Gasteiger partial charge in [-0.2, -0.15) is 0 Å². The van der Waals surface area contributed by atoms with Gasteiger partial charge >= 0.3 is 5.97 Å². The molecule has 1 saturated heterocycles. The minimum absolute atomic E-state index is 0.358. The summed E-state index contributed by atoms with van der Waals surface area (Å²) in [6.07, 6.45) is 0. The number of rotatable bonds is 3. The zero-order valence-corrected chi connectivity index (χ0v) is 19.9. The second kappa shape index (κ2) is 7.88. The number of anilines is 2. The normalized spacial score (nSPS) is 18.0. The summed E-state index contributed by atoms with van der Waals surface area (Å²) in [6.45, 7) is 7.29. The highest BCUT2D eigenvalue weighted by atomic mass is 127. The third kappa shape index (κ3) is 3.55. The number of aromatic carboxylic acids is 1. The van der Waals surface area contributed by atoms with Crippen molar-refractivity contribution in [1.82, 2.24) is 0 Å². The lowest BCUT2D eigenvalue weighted by molar-refractivity contribution is 0.0697. The van der Waals surface area contributed by atoms with Crippen LogP contribution in [0.4, 0.5) is 17.1 Å². The number of hydrogen-bond donors (Lipinski definition) is 1. The molecule has 2 aliphatic rings. The maximum atomic E-state index is 12.3. The second-order valence-electron chi connectivity index (χ2n) is 7.54. The van der Waals surface area contributed by atoms with E-state index in [1.165, 1.54) is 0 Å². The summed E-state index contributed by atoms with van der Waals surface area (Å²) in [7, 11) is 3.34. The van der Waals surface area contributed by atoms with Crippen molar-refractivity contribution in [2.24, 2.45) is 4.99 Å². The molecule has 0 spiro atoms. The molecule has 2 aliphatic heterocycles. The fourth-order valence-corrected chi connectivity index (χ4v) is 7.73. The third-order valence-electron chi connectivity index (χ3n) is 5.34. The highest BCUT2D eigenvalue weighted by molar-refractivity contribution is 14.2. The molecular formula is C21H24IN3O3S. The van der Waals surface area contributed by atoms with Gasteiger partial charge in [-0.05, 0) is 64.4 Å². The molecule has 6 nitrogen and oxygen atoms in total. The summed E-state index contributed by atoms with van der Waals surface area (Å²) in [5.74, 6) is -0.904. The first-order chi connectivity index (χ1) is 13.8. The molecule has 0 aliphatic carbocycles. The van der Waals surface area contributed by atoms with E-state index in [0.29, 0.717) is 5.56 Å². The zero-order chi connectivity index (χ0) is 20.9. The van der Waals surface area contributed by atoms with Crippen LogP contribution in [0.25, 0.3) is 0 Å². The van der Waals surface area contributed by atoms with Crippen LogP contribution in [0.3, 0.4) is 0 Å². The van der Waals surface area contributed by atoms with Crippen molar-refractivity contribution in [3.63, 3.8) is 0 Å². The number of fused-ring (bicyclic) bond motifs is 2. The van der Waals surface area contributed by atoms with Crippen LogP contribution in [0.1, 0.15) is 21.5 Å². The summed E-state index contributed by atoms with van der Waals surface area (Å²) >= 11 is 2.40. The molecule has 8 heteroatoms. The topological polar surface area (TPSA) is 65.4 Å². The molecule has 1 unspecified atom stereocenters. The Balaban J connectivity index is 2.03. The van der Waals surface area contributed by atoms with Crippen LogP contribution in [0.5, 0.6) is 0 Å². The van der Waals surface area contributed by atoms with Crippen molar-refractivity contribution < 1.29 is 14.6 Å². The molecule has 0 amide bonds. The van der Waals surface area contributed by atoms with Crippen LogP contribution in [-0.2, 0) is 4.74 Å². The fourth-order valence-electron chi connectivity index (χ4n) is 3.87. The summed E-state index contributed by atoms with van der Waals surface area (Å²) in [5.41, 5.74) is 5.35. The number of morpholine rings is 1. The van der Waals surface area contributed by atoms with E-state index in [1.54, 1.807) is 0 Å². The van der Waals surface area contributed by atoms with E-state index < -0.39 is 13.6 Å². The molecule has 0 radical (unpaired) electrons. The van der Waals surface area contributed by atoms with Gasteiger partial charge in [0.15, 0.2) is 0 Å². The smallest absolute Gasteiger partial charge is 0.339 e. The Kier molecular flexibility index (Phi) is 5.60. The average Bonchev–Trinajstić information content (AvgIpc) is 2.69. The summed E-state index contributed by atoms with van der Waals surface area (Å²) < 4.78 is 6.32. The predicted molar refractivity (Wildman–Crippen MR) is 126 cm³/mol. The van der Waals surface area contributed by atoms with Gasteiger partial charge in [0, 0.05) is 37.8 Å². The highest BCUT2D eigenvalue weighted by Crippen LogP contribution is 2.48. The first-order valence-corrected chi connectivity index (χ1v) is 13.2. The molecule has 4 rings (SSSR count). The van der Waals surface area contributed by atoms with E-state index in [2.05, 4.69) is 45.2 Å². The second-order valence-corrected chi connectivity index (χ2v) is 11.5. The minimum Gasteiger partial charge on any atom is -0.478 e. The first-order valence-electron chi connectivity index (χ1n) is 9.47. The number of ether oxygens (including phenoxy) is 1. The molecule has 2 heterocycles. The van der Waals surface area contributed by atoms with Crippen LogP contribution < -0.4 is 15.2 Å². The summed E-state index contributed by atoms with van der Waals surface area (Å²) in [4.78, 5) is 22.5. The third-order valence-corrected chi connectivity index (χ3v) is 9.54. The van der Waals surface area contributed by atoms with Gasteiger partial charge in [0.2, 0.25) is 0 Å². The molecule has 29 heavy (non-hydrogen) atoms. The molecule has 154 valence electrons. The molecule has 2 aromatic carbocycles. The monoisotopic (exact) mass is 525 g/mol. The number of nitrogens with zero attached hydrogens (tertiary/aromatic N) is 3. The fraction of sp³-hybridized carbons (Fsp3) is 0.381. The Hall–Kier alpha value is -1.65.